The number of nitrogens with one attached hydrogen (secondary N) is 2. The van der Waals surface area contributed by atoms with Gasteiger partial charge in [-0.05, 0) is 38.0 Å². The minimum absolute atomic E-state index is 0.0802. The summed E-state index contributed by atoms with van der Waals surface area (Å²) in [5, 5.41) is 15.6. The molecule has 1 aromatic heterocycles. The molecule has 0 unspecified atom stereocenters. The zero-order valence-electron chi connectivity index (χ0n) is 21.0. The quantitative estimate of drug-likeness (QED) is 0.436. The molecule has 2 N–H and O–H groups in total. The molecular formula is C23H29N5O6S2. The van der Waals surface area contributed by atoms with E-state index < -0.39 is 12.0 Å². The van der Waals surface area contributed by atoms with Gasteiger partial charge >= 0.3 is 5.97 Å². The Morgan fingerprint density at radius 2 is 1.81 bits per heavy atom. The number of amides is 1. The molecule has 1 aliphatic heterocycles. The van der Waals surface area contributed by atoms with E-state index in [0.29, 0.717) is 44.4 Å². The molecule has 2 heterocycles. The molecule has 1 amide bonds. The Balaban J connectivity index is 1.89. The van der Waals surface area contributed by atoms with Crippen LogP contribution in [0.5, 0.6) is 17.2 Å². The third kappa shape index (κ3) is 6.26. The molecule has 194 valence electrons. The van der Waals surface area contributed by atoms with Crippen molar-refractivity contribution in [2.45, 2.75) is 33.2 Å². The summed E-state index contributed by atoms with van der Waals surface area (Å²) in [6, 6.07) is 2.76. The first kappa shape index (κ1) is 27.3. The van der Waals surface area contributed by atoms with Crippen LogP contribution in [-0.2, 0) is 20.7 Å². The lowest BCUT2D eigenvalue weighted by Gasteiger charge is -2.26. The van der Waals surface area contributed by atoms with Gasteiger partial charge in [-0.15, -0.1) is 10.2 Å². The highest BCUT2D eigenvalue weighted by Gasteiger charge is 2.32. The van der Waals surface area contributed by atoms with Gasteiger partial charge in [0, 0.05) is 5.70 Å². The lowest BCUT2D eigenvalue weighted by atomic mass is 9.96. The average Bonchev–Trinajstić information content (AvgIpc) is 3.33. The van der Waals surface area contributed by atoms with Crippen LogP contribution in [0.25, 0.3) is 0 Å². The van der Waals surface area contributed by atoms with Crippen LogP contribution in [0.3, 0.4) is 0 Å². The molecule has 0 saturated carbocycles. The summed E-state index contributed by atoms with van der Waals surface area (Å²) in [6.45, 7) is 5.69. The summed E-state index contributed by atoms with van der Waals surface area (Å²) in [5.41, 5.74) is 1.56. The van der Waals surface area contributed by atoms with Gasteiger partial charge in [-0.3, -0.25) is 10.1 Å². The molecule has 0 spiro atoms. The Labute approximate surface area is 217 Å². The van der Waals surface area contributed by atoms with E-state index in [-0.39, 0.29) is 18.3 Å². The molecule has 1 atom stereocenters. The molecule has 0 fully saturated rings. The Morgan fingerprint density at radius 3 is 2.36 bits per heavy atom. The number of thioether (sulfide) groups is 1. The molecule has 2 aromatic rings. The summed E-state index contributed by atoms with van der Waals surface area (Å²) in [6.07, 6.45) is 0.750. The summed E-state index contributed by atoms with van der Waals surface area (Å²) >= 11 is 2.54. The van der Waals surface area contributed by atoms with Gasteiger partial charge in [-0.2, -0.15) is 0 Å². The van der Waals surface area contributed by atoms with Crippen molar-refractivity contribution in [3.63, 3.8) is 0 Å². The maximum atomic E-state index is 12.9. The standard InChI is InChI=1S/C23H29N5O6S2/c1-7-17-27-28-23(36-17)25-16(29)11-35-22-24-12(3)18(21(30)34-8-2)19(26-22)13-9-14(31-4)20(33-6)15(10-13)32-5/h9-10,19H,7-8,11H2,1-6H3,(H,24,26)(H,25,28,29)/t19-/m1/s1. The van der Waals surface area contributed by atoms with Crippen molar-refractivity contribution >= 4 is 45.3 Å². The van der Waals surface area contributed by atoms with E-state index in [1.54, 1.807) is 26.0 Å². The minimum atomic E-state index is -0.722. The zero-order chi connectivity index (χ0) is 26.2. The fourth-order valence-electron chi connectivity index (χ4n) is 3.43. The van der Waals surface area contributed by atoms with E-state index in [1.165, 1.54) is 44.4 Å². The fourth-order valence-corrected chi connectivity index (χ4v) is 4.87. The first-order valence-electron chi connectivity index (χ1n) is 11.1. The van der Waals surface area contributed by atoms with Gasteiger partial charge in [0.05, 0.1) is 39.3 Å². The normalized spacial score (nSPS) is 15.1. The van der Waals surface area contributed by atoms with E-state index in [2.05, 4.69) is 20.8 Å². The van der Waals surface area contributed by atoms with Crippen LogP contribution in [0.1, 0.15) is 37.4 Å². The van der Waals surface area contributed by atoms with E-state index in [0.717, 1.165) is 11.4 Å². The zero-order valence-corrected chi connectivity index (χ0v) is 22.6. The Bertz CT molecular complexity index is 1150. The number of amidine groups is 1. The number of benzene rings is 1. The SMILES string of the molecule is CCOC(=O)C1=C(C)NC(SCC(=O)Nc2nnc(CC)s2)=N[C@@H]1c1cc(OC)c(OC)c(OC)c1. The Kier molecular flexibility index (Phi) is 9.53. The summed E-state index contributed by atoms with van der Waals surface area (Å²) in [5.74, 6) is 0.628. The van der Waals surface area contributed by atoms with Crippen LogP contribution in [-0.4, -0.2) is 60.9 Å². The third-order valence-corrected chi connectivity index (χ3v) is 6.94. The molecule has 0 bridgehead atoms. The van der Waals surface area contributed by atoms with Crippen molar-refractivity contribution < 1.29 is 28.5 Å². The number of esters is 1. The van der Waals surface area contributed by atoms with Crippen molar-refractivity contribution in [2.75, 3.05) is 39.0 Å². The summed E-state index contributed by atoms with van der Waals surface area (Å²) < 4.78 is 21.7. The highest BCUT2D eigenvalue weighted by molar-refractivity contribution is 8.14. The van der Waals surface area contributed by atoms with Crippen LogP contribution in [0.15, 0.2) is 28.4 Å². The lowest BCUT2D eigenvalue weighted by Crippen LogP contribution is -2.31. The number of carbonyl (C=O) groups is 2. The van der Waals surface area contributed by atoms with Gasteiger partial charge in [0.15, 0.2) is 16.7 Å². The molecule has 0 radical (unpaired) electrons. The molecule has 1 aliphatic rings. The smallest absolute Gasteiger partial charge is 0.338 e. The van der Waals surface area contributed by atoms with Crippen LogP contribution in [0.2, 0.25) is 0 Å². The monoisotopic (exact) mass is 535 g/mol. The lowest BCUT2D eigenvalue weighted by molar-refractivity contribution is -0.139. The second kappa shape index (κ2) is 12.6. The largest absolute Gasteiger partial charge is 0.493 e. The predicted molar refractivity (Wildman–Crippen MR) is 139 cm³/mol. The molecule has 3 rings (SSSR count). The highest BCUT2D eigenvalue weighted by atomic mass is 32.2. The molecule has 11 nitrogen and oxygen atoms in total. The van der Waals surface area contributed by atoms with Gasteiger partial charge in [0.25, 0.3) is 0 Å². The number of ether oxygens (including phenoxy) is 4. The Hall–Kier alpha value is -3.32. The predicted octanol–water partition coefficient (Wildman–Crippen LogP) is 3.34. The maximum absolute atomic E-state index is 12.9. The van der Waals surface area contributed by atoms with Crippen LogP contribution < -0.4 is 24.8 Å². The summed E-state index contributed by atoms with van der Waals surface area (Å²) in [7, 11) is 4.55. The number of aryl methyl sites for hydroxylation is 1. The van der Waals surface area contributed by atoms with E-state index in [9.17, 15) is 9.59 Å². The van der Waals surface area contributed by atoms with Crippen LogP contribution in [0, 0.1) is 0 Å². The van der Waals surface area contributed by atoms with Gasteiger partial charge in [-0.25, -0.2) is 9.79 Å². The van der Waals surface area contributed by atoms with Crippen molar-refractivity contribution in [3.8, 4) is 17.2 Å². The number of anilines is 1. The second-order valence-electron chi connectivity index (χ2n) is 7.37. The Morgan fingerprint density at radius 1 is 1.11 bits per heavy atom. The molecule has 13 heteroatoms. The molecule has 36 heavy (non-hydrogen) atoms. The van der Waals surface area contributed by atoms with E-state index >= 15 is 0 Å². The number of aromatic nitrogens is 2. The number of methoxy groups -OCH3 is 3. The average molecular weight is 536 g/mol. The summed E-state index contributed by atoms with van der Waals surface area (Å²) in [4.78, 5) is 30.1. The van der Waals surface area contributed by atoms with E-state index in [4.69, 9.17) is 23.9 Å². The highest BCUT2D eigenvalue weighted by Crippen LogP contribution is 2.43. The second-order valence-corrected chi connectivity index (χ2v) is 9.40. The van der Waals surface area contributed by atoms with Gasteiger partial charge in [0.2, 0.25) is 16.8 Å². The van der Waals surface area contributed by atoms with Gasteiger partial charge < -0.3 is 24.3 Å². The number of aliphatic imine (C=N–C) groups is 1. The van der Waals surface area contributed by atoms with Crippen molar-refractivity contribution in [1.29, 1.82) is 0 Å². The number of hydrogen-bond acceptors (Lipinski definition) is 12. The van der Waals surface area contributed by atoms with E-state index in [1.807, 2.05) is 6.92 Å². The van der Waals surface area contributed by atoms with Crippen molar-refractivity contribution in [1.82, 2.24) is 15.5 Å². The third-order valence-electron chi connectivity index (χ3n) is 5.07. The number of rotatable bonds is 10. The number of hydrogen-bond donors (Lipinski definition) is 2. The number of allylic oxidation sites excluding steroid dienone is 1. The first-order chi connectivity index (χ1) is 17.3. The topological polar surface area (TPSA) is 133 Å². The molecule has 0 saturated heterocycles. The van der Waals surface area contributed by atoms with Crippen LogP contribution >= 0.6 is 23.1 Å². The molecule has 0 aliphatic carbocycles. The fraction of sp³-hybridized carbons (Fsp3) is 0.435. The van der Waals surface area contributed by atoms with Crippen LogP contribution in [0.4, 0.5) is 5.13 Å². The number of nitrogens with zero attached hydrogens (tertiary/aromatic N) is 3. The van der Waals surface area contributed by atoms with Gasteiger partial charge in [-0.1, -0.05) is 30.0 Å². The first-order valence-corrected chi connectivity index (χ1v) is 12.9. The molecule has 1 aromatic carbocycles. The van der Waals surface area contributed by atoms with Crippen molar-refractivity contribution in [2.24, 2.45) is 4.99 Å². The van der Waals surface area contributed by atoms with Crippen molar-refractivity contribution in [3.05, 3.63) is 34.0 Å². The number of carbonyl (C=O) groups excluding carboxylic acids is 2. The van der Waals surface area contributed by atoms with Gasteiger partial charge in [0.1, 0.15) is 11.0 Å². The minimum Gasteiger partial charge on any atom is -0.493 e. The maximum Gasteiger partial charge on any atom is 0.338 e. The molecular weight excluding hydrogens is 506 g/mol.